The summed E-state index contributed by atoms with van der Waals surface area (Å²) in [7, 11) is -0.536. The molecule has 0 fully saturated rings. The summed E-state index contributed by atoms with van der Waals surface area (Å²) >= 11 is 0. The van der Waals surface area contributed by atoms with E-state index in [0.29, 0.717) is 24.2 Å². The maximum absolute atomic E-state index is 12.1. The molecule has 1 aliphatic rings. The molecule has 0 unspecified atom stereocenters. The third-order valence-corrected chi connectivity index (χ3v) is 4.77. The van der Waals surface area contributed by atoms with E-state index in [4.69, 9.17) is 4.74 Å². The number of aromatic nitrogens is 2. The first-order valence-corrected chi connectivity index (χ1v) is 6.89. The Morgan fingerprint density at radius 2 is 1.94 bits per heavy atom. The zero-order valence-electron chi connectivity index (χ0n) is 10.1. The molecule has 0 spiro atoms. The fourth-order valence-electron chi connectivity index (χ4n) is 2.02. The van der Waals surface area contributed by atoms with Crippen molar-refractivity contribution in [2.75, 3.05) is 14.1 Å². The lowest BCUT2D eigenvalue weighted by molar-refractivity contribution is 0.134. The average molecular weight is 267 g/mol. The zero-order valence-corrected chi connectivity index (χ0v) is 10.9. The Balaban J connectivity index is 2.27. The largest absolute Gasteiger partial charge is 0.372 e. The van der Waals surface area contributed by atoms with Gasteiger partial charge in [-0.05, 0) is 23.3 Å². The van der Waals surface area contributed by atoms with Crippen LogP contribution in [0.25, 0.3) is 11.0 Å². The van der Waals surface area contributed by atoms with Gasteiger partial charge >= 0.3 is 10.2 Å². The van der Waals surface area contributed by atoms with Crippen LogP contribution in [0.15, 0.2) is 18.5 Å². The smallest absolute Gasteiger partial charge is 0.308 e. The molecule has 0 aliphatic carbocycles. The highest BCUT2D eigenvalue weighted by Crippen LogP contribution is 2.26. The normalized spacial score (nSPS) is 15.5. The van der Waals surface area contributed by atoms with Gasteiger partial charge in [0.05, 0.1) is 24.2 Å². The molecule has 1 aromatic carbocycles. The molecule has 0 atom stereocenters. The summed E-state index contributed by atoms with van der Waals surface area (Å²) in [5, 5.41) is 0. The van der Waals surface area contributed by atoms with E-state index in [1.165, 1.54) is 24.4 Å². The van der Waals surface area contributed by atoms with E-state index in [2.05, 4.69) is 4.98 Å². The van der Waals surface area contributed by atoms with Crippen LogP contribution in [0.3, 0.4) is 0 Å². The van der Waals surface area contributed by atoms with Crippen molar-refractivity contribution in [2.45, 2.75) is 13.2 Å². The van der Waals surface area contributed by atoms with Crippen molar-refractivity contribution in [3.63, 3.8) is 0 Å². The van der Waals surface area contributed by atoms with E-state index >= 15 is 0 Å². The summed E-state index contributed by atoms with van der Waals surface area (Å²) < 4.78 is 31.9. The molecule has 0 saturated carbocycles. The number of nitrogens with zero attached hydrogens (tertiary/aromatic N) is 3. The van der Waals surface area contributed by atoms with Gasteiger partial charge in [-0.3, -0.25) is 0 Å². The van der Waals surface area contributed by atoms with Crippen LogP contribution in [0, 0.1) is 0 Å². The first-order valence-electron chi connectivity index (χ1n) is 5.50. The lowest BCUT2D eigenvalue weighted by atomic mass is 10.1. The van der Waals surface area contributed by atoms with Gasteiger partial charge < -0.3 is 4.74 Å². The molecule has 0 saturated heterocycles. The zero-order chi connectivity index (χ0) is 12.9. The summed E-state index contributed by atoms with van der Waals surface area (Å²) in [5.41, 5.74) is 3.37. The Morgan fingerprint density at radius 3 is 2.61 bits per heavy atom. The Morgan fingerprint density at radius 1 is 1.28 bits per heavy atom. The predicted molar refractivity (Wildman–Crippen MR) is 66.2 cm³/mol. The van der Waals surface area contributed by atoms with E-state index in [9.17, 15) is 8.42 Å². The summed E-state index contributed by atoms with van der Waals surface area (Å²) in [4.78, 5) is 4.15. The Kier molecular flexibility index (Phi) is 2.44. The minimum absolute atomic E-state index is 0.526. The second-order valence-corrected chi connectivity index (χ2v) is 6.45. The van der Waals surface area contributed by atoms with Crippen LogP contribution in [0.1, 0.15) is 11.1 Å². The maximum atomic E-state index is 12.1. The Bertz CT molecular complexity index is 718. The second-order valence-electron chi connectivity index (χ2n) is 4.43. The summed E-state index contributed by atoms with van der Waals surface area (Å²) in [6.07, 6.45) is 1.34. The van der Waals surface area contributed by atoms with Gasteiger partial charge in [0, 0.05) is 14.1 Å². The fraction of sp³-hybridized carbons (Fsp3) is 0.364. The molecule has 1 aliphatic heterocycles. The minimum Gasteiger partial charge on any atom is -0.372 e. The van der Waals surface area contributed by atoms with Crippen LogP contribution < -0.4 is 0 Å². The molecule has 3 rings (SSSR count). The molecule has 2 heterocycles. The van der Waals surface area contributed by atoms with Crippen molar-refractivity contribution >= 4 is 21.2 Å². The number of benzene rings is 1. The molecule has 96 valence electrons. The van der Waals surface area contributed by atoms with Gasteiger partial charge in [0.2, 0.25) is 0 Å². The number of fused-ring (bicyclic) bond motifs is 2. The monoisotopic (exact) mass is 267 g/mol. The van der Waals surface area contributed by atoms with E-state index in [-0.39, 0.29) is 0 Å². The number of hydrogen-bond acceptors (Lipinski definition) is 4. The molecular weight excluding hydrogens is 254 g/mol. The summed E-state index contributed by atoms with van der Waals surface area (Å²) in [6, 6.07) is 3.73. The highest BCUT2D eigenvalue weighted by atomic mass is 32.2. The van der Waals surface area contributed by atoms with Crippen LogP contribution in [0.5, 0.6) is 0 Å². The van der Waals surface area contributed by atoms with Crippen molar-refractivity contribution < 1.29 is 13.2 Å². The molecule has 0 N–H and O–H groups in total. The van der Waals surface area contributed by atoms with Gasteiger partial charge in [-0.15, -0.1) is 0 Å². The molecule has 0 amide bonds. The van der Waals surface area contributed by atoms with E-state index < -0.39 is 10.2 Å². The van der Waals surface area contributed by atoms with Crippen LogP contribution in [-0.4, -0.2) is 35.8 Å². The van der Waals surface area contributed by atoms with Gasteiger partial charge in [0.1, 0.15) is 6.33 Å². The highest BCUT2D eigenvalue weighted by molar-refractivity contribution is 7.87. The lowest BCUT2D eigenvalue weighted by Crippen LogP contribution is -2.28. The molecule has 18 heavy (non-hydrogen) atoms. The van der Waals surface area contributed by atoms with Gasteiger partial charge in [-0.25, -0.2) is 8.96 Å². The molecule has 1 aromatic heterocycles. The standard InChI is InChI=1S/C11H13N3O3S/c1-13(2)18(15,16)14-7-12-10-3-8-5-17-6-9(8)4-11(10)14/h3-4,7H,5-6H2,1-2H3. The second kappa shape index (κ2) is 3.78. The molecule has 6 nitrogen and oxygen atoms in total. The van der Waals surface area contributed by atoms with Crippen molar-refractivity contribution in [3.05, 3.63) is 29.6 Å². The van der Waals surface area contributed by atoms with E-state index in [1.807, 2.05) is 12.1 Å². The summed E-state index contributed by atoms with van der Waals surface area (Å²) in [6.45, 7) is 1.09. The van der Waals surface area contributed by atoms with Crippen LogP contribution in [0.4, 0.5) is 0 Å². The van der Waals surface area contributed by atoms with Crippen molar-refractivity contribution in [2.24, 2.45) is 0 Å². The quantitative estimate of drug-likeness (QED) is 0.804. The number of ether oxygens (including phenoxy) is 1. The molecule has 0 radical (unpaired) electrons. The van der Waals surface area contributed by atoms with Crippen molar-refractivity contribution in [1.29, 1.82) is 0 Å². The first kappa shape index (κ1) is 11.6. The highest BCUT2D eigenvalue weighted by Gasteiger charge is 2.21. The predicted octanol–water partition coefficient (Wildman–Crippen LogP) is 0.721. The van der Waals surface area contributed by atoms with Gasteiger partial charge in [0.25, 0.3) is 0 Å². The first-order chi connectivity index (χ1) is 8.50. The summed E-state index contributed by atoms with van der Waals surface area (Å²) in [5.74, 6) is 0. The number of imidazole rings is 1. The maximum Gasteiger partial charge on any atom is 0.308 e. The average Bonchev–Trinajstić information content (AvgIpc) is 2.90. The third-order valence-electron chi connectivity index (χ3n) is 3.06. The number of hydrogen-bond donors (Lipinski definition) is 0. The SMILES string of the molecule is CN(C)S(=O)(=O)n1cnc2cc3c(cc21)COC3. The van der Waals surface area contributed by atoms with Crippen LogP contribution >= 0.6 is 0 Å². The van der Waals surface area contributed by atoms with E-state index in [0.717, 1.165) is 15.4 Å². The fourth-order valence-corrected chi connectivity index (χ4v) is 2.93. The van der Waals surface area contributed by atoms with Crippen molar-refractivity contribution in [3.8, 4) is 0 Å². The molecule has 7 heteroatoms. The Hall–Kier alpha value is -1.44. The van der Waals surface area contributed by atoms with Gasteiger partial charge in [-0.2, -0.15) is 12.7 Å². The van der Waals surface area contributed by atoms with Gasteiger partial charge in [0.15, 0.2) is 0 Å². The van der Waals surface area contributed by atoms with E-state index in [1.54, 1.807) is 0 Å². The van der Waals surface area contributed by atoms with Gasteiger partial charge in [-0.1, -0.05) is 0 Å². The minimum atomic E-state index is -3.53. The van der Waals surface area contributed by atoms with Crippen LogP contribution in [0.2, 0.25) is 0 Å². The topological polar surface area (TPSA) is 64.4 Å². The Labute approximate surface area is 105 Å². The van der Waals surface area contributed by atoms with Crippen molar-refractivity contribution in [1.82, 2.24) is 13.3 Å². The molecular formula is C11H13N3O3S. The van der Waals surface area contributed by atoms with Crippen LogP contribution in [-0.2, 0) is 28.2 Å². The lowest BCUT2D eigenvalue weighted by Gasteiger charge is -2.12. The number of rotatable bonds is 2. The molecule has 0 bridgehead atoms. The molecule has 2 aromatic rings. The third kappa shape index (κ3) is 1.55.